The molecular formula is C23H27N3O2S. The Kier molecular flexibility index (Phi) is 6.52. The van der Waals surface area contributed by atoms with Crippen molar-refractivity contribution in [3.8, 4) is 0 Å². The quantitative estimate of drug-likeness (QED) is 0.783. The number of rotatable bonds is 5. The number of benzene rings is 2. The van der Waals surface area contributed by atoms with Gasteiger partial charge in [0, 0.05) is 35.7 Å². The number of nitrogens with zero attached hydrogens (tertiary/aromatic N) is 1. The molecule has 0 unspecified atom stereocenters. The van der Waals surface area contributed by atoms with Crippen LogP contribution in [0.15, 0.2) is 47.4 Å². The van der Waals surface area contributed by atoms with Crippen LogP contribution in [0.3, 0.4) is 0 Å². The molecule has 0 radical (unpaired) electrons. The van der Waals surface area contributed by atoms with Gasteiger partial charge in [-0.15, -0.1) is 11.8 Å². The highest BCUT2D eigenvalue weighted by Gasteiger charge is 2.16. The van der Waals surface area contributed by atoms with E-state index in [1.165, 1.54) is 37.9 Å². The van der Waals surface area contributed by atoms with Crippen LogP contribution in [0.25, 0.3) is 0 Å². The Morgan fingerprint density at radius 3 is 2.59 bits per heavy atom. The first kappa shape index (κ1) is 20.0. The van der Waals surface area contributed by atoms with Gasteiger partial charge in [-0.3, -0.25) is 14.5 Å². The van der Waals surface area contributed by atoms with E-state index in [4.69, 9.17) is 0 Å². The van der Waals surface area contributed by atoms with E-state index in [0.717, 1.165) is 28.4 Å². The van der Waals surface area contributed by atoms with Crippen LogP contribution in [0.5, 0.6) is 0 Å². The number of fused-ring (bicyclic) bond motifs is 1. The number of carbonyl (C=O) groups is 2. The molecule has 2 heterocycles. The third kappa shape index (κ3) is 5.40. The molecule has 29 heavy (non-hydrogen) atoms. The molecule has 0 aliphatic carbocycles. The van der Waals surface area contributed by atoms with E-state index < -0.39 is 0 Å². The Morgan fingerprint density at radius 1 is 1.03 bits per heavy atom. The lowest BCUT2D eigenvalue weighted by atomic mass is 10.1. The molecule has 4 rings (SSSR count). The number of carbonyl (C=O) groups excluding carboxylic acids is 2. The summed E-state index contributed by atoms with van der Waals surface area (Å²) in [5.74, 6) is 0.630. The van der Waals surface area contributed by atoms with Crippen LogP contribution in [0.2, 0.25) is 0 Å². The van der Waals surface area contributed by atoms with E-state index in [1.807, 2.05) is 12.1 Å². The minimum atomic E-state index is -0.131. The first-order valence-corrected chi connectivity index (χ1v) is 11.3. The van der Waals surface area contributed by atoms with Crippen LogP contribution in [0.4, 0.5) is 5.69 Å². The van der Waals surface area contributed by atoms with Crippen LogP contribution in [-0.2, 0) is 17.9 Å². The van der Waals surface area contributed by atoms with Crippen molar-refractivity contribution in [3.63, 3.8) is 0 Å². The minimum absolute atomic E-state index is 0.00143. The number of likely N-dealkylation sites (tertiary alicyclic amines) is 1. The van der Waals surface area contributed by atoms with E-state index >= 15 is 0 Å². The van der Waals surface area contributed by atoms with Gasteiger partial charge in [0.1, 0.15) is 0 Å². The van der Waals surface area contributed by atoms with Gasteiger partial charge in [-0.05, 0) is 55.3 Å². The largest absolute Gasteiger partial charge is 0.348 e. The van der Waals surface area contributed by atoms with Gasteiger partial charge < -0.3 is 10.6 Å². The standard InChI is InChI=1S/C23H27N3O2S/c27-22-10-13-29-21-9-8-19(14-20(21)25-22)23(28)24-15-17-4-6-18(7-5-17)16-26-11-2-1-3-12-26/h4-9,14H,1-3,10-13,15-16H2,(H,24,28)(H,25,27). The van der Waals surface area contributed by atoms with Crippen molar-refractivity contribution in [1.29, 1.82) is 0 Å². The molecule has 2 aliphatic heterocycles. The summed E-state index contributed by atoms with van der Waals surface area (Å²) in [6.45, 7) is 3.88. The molecule has 0 spiro atoms. The summed E-state index contributed by atoms with van der Waals surface area (Å²) in [5, 5.41) is 5.87. The highest BCUT2D eigenvalue weighted by atomic mass is 32.2. The molecule has 1 saturated heterocycles. The topological polar surface area (TPSA) is 61.4 Å². The maximum absolute atomic E-state index is 12.6. The summed E-state index contributed by atoms with van der Waals surface area (Å²) >= 11 is 1.64. The second kappa shape index (κ2) is 9.46. The molecule has 0 atom stereocenters. The zero-order chi connectivity index (χ0) is 20.1. The molecule has 6 heteroatoms. The summed E-state index contributed by atoms with van der Waals surface area (Å²) in [7, 11) is 0. The predicted octanol–water partition coefficient (Wildman–Crippen LogP) is 4.04. The first-order valence-electron chi connectivity index (χ1n) is 10.3. The zero-order valence-corrected chi connectivity index (χ0v) is 17.4. The van der Waals surface area contributed by atoms with Crippen molar-refractivity contribution >= 4 is 29.3 Å². The Balaban J connectivity index is 1.33. The molecule has 0 saturated carbocycles. The summed E-state index contributed by atoms with van der Waals surface area (Å²) in [4.78, 5) is 27.8. The number of hydrogen-bond acceptors (Lipinski definition) is 4. The molecule has 5 nitrogen and oxygen atoms in total. The zero-order valence-electron chi connectivity index (χ0n) is 16.6. The molecule has 2 N–H and O–H groups in total. The average Bonchev–Trinajstić information content (AvgIpc) is 2.93. The monoisotopic (exact) mass is 409 g/mol. The lowest BCUT2D eigenvalue weighted by Gasteiger charge is -2.26. The van der Waals surface area contributed by atoms with Gasteiger partial charge in [0.25, 0.3) is 5.91 Å². The molecule has 2 aliphatic rings. The molecule has 152 valence electrons. The molecular weight excluding hydrogens is 382 g/mol. The Hall–Kier alpha value is -2.31. The number of amides is 2. The molecule has 1 fully saturated rings. The van der Waals surface area contributed by atoms with Crippen molar-refractivity contribution < 1.29 is 9.59 Å². The maximum atomic E-state index is 12.6. The van der Waals surface area contributed by atoms with Gasteiger partial charge in [0.2, 0.25) is 5.91 Å². The lowest BCUT2D eigenvalue weighted by Crippen LogP contribution is -2.29. The van der Waals surface area contributed by atoms with Crippen LogP contribution >= 0.6 is 11.8 Å². The van der Waals surface area contributed by atoms with Crippen molar-refractivity contribution in [3.05, 3.63) is 59.2 Å². The van der Waals surface area contributed by atoms with Crippen molar-refractivity contribution in [2.75, 3.05) is 24.2 Å². The highest BCUT2D eigenvalue weighted by molar-refractivity contribution is 7.99. The number of nitrogens with one attached hydrogen (secondary N) is 2. The van der Waals surface area contributed by atoms with Gasteiger partial charge in [0.15, 0.2) is 0 Å². The number of piperidine rings is 1. The Labute approximate surface area is 176 Å². The molecule has 2 amide bonds. The number of thioether (sulfide) groups is 1. The normalized spacial score (nSPS) is 17.2. The van der Waals surface area contributed by atoms with Crippen molar-refractivity contribution in [2.24, 2.45) is 0 Å². The van der Waals surface area contributed by atoms with E-state index in [9.17, 15) is 9.59 Å². The van der Waals surface area contributed by atoms with E-state index in [0.29, 0.717) is 18.5 Å². The van der Waals surface area contributed by atoms with Gasteiger partial charge in [-0.1, -0.05) is 30.7 Å². The highest BCUT2D eigenvalue weighted by Crippen LogP contribution is 2.31. The third-order valence-electron chi connectivity index (χ3n) is 5.43. The first-order chi connectivity index (χ1) is 14.2. The second-order valence-electron chi connectivity index (χ2n) is 7.69. The van der Waals surface area contributed by atoms with E-state index in [-0.39, 0.29) is 11.8 Å². The van der Waals surface area contributed by atoms with Gasteiger partial charge in [-0.2, -0.15) is 0 Å². The van der Waals surface area contributed by atoms with Gasteiger partial charge >= 0.3 is 0 Å². The average molecular weight is 410 g/mol. The summed E-state index contributed by atoms with van der Waals surface area (Å²) < 4.78 is 0. The fourth-order valence-electron chi connectivity index (χ4n) is 3.78. The maximum Gasteiger partial charge on any atom is 0.251 e. The van der Waals surface area contributed by atoms with Crippen LogP contribution in [0, 0.1) is 0 Å². The van der Waals surface area contributed by atoms with E-state index in [2.05, 4.69) is 39.8 Å². The molecule has 0 bridgehead atoms. The minimum Gasteiger partial charge on any atom is -0.348 e. The number of hydrogen-bond donors (Lipinski definition) is 2. The number of anilines is 1. The lowest BCUT2D eigenvalue weighted by molar-refractivity contribution is -0.115. The van der Waals surface area contributed by atoms with Crippen LogP contribution in [0.1, 0.15) is 47.2 Å². The molecule has 0 aromatic heterocycles. The van der Waals surface area contributed by atoms with Gasteiger partial charge in [-0.25, -0.2) is 0 Å². The summed E-state index contributed by atoms with van der Waals surface area (Å²) in [6.07, 6.45) is 4.45. The summed E-state index contributed by atoms with van der Waals surface area (Å²) in [6, 6.07) is 14.0. The van der Waals surface area contributed by atoms with Crippen LogP contribution < -0.4 is 10.6 Å². The molecule has 2 aromatic carbocycles. The smallest absolute Gasteiger partial charge is 0.251 e. The fourth-order valence-corrected chi connectivity index (χ4v) is 4.72. The second-order valence-corrected chi connectivity index (χ2v) is 8.83. The van der Waals surface area contributed by atoms with Crippen molar-refractivity contribution in [1.82, 2.24) is 10.2 Å². The van der Waals surface area contributed by atoms with Crippen molar-refractivity contribution in [2.45, 2.75) is 43.7 Å². The molecule has 2 aromatic rings. The van der Waals surface area contributed by atoms with E-state index in [1.54, 1.807) is 17.8 Å². The Morgan fingerprint density at radius 2 is 1.79 bits per heavy atom. The van der Waals surface area contributed by atoms with Gasteiger partial charge in [0.05, 0.1) is 5.69 Å². The van der Waals surface area contributed by atoms with Crippen LogP contribution in [-0.4, -0.2) is 35.6 Å². The Bertz CT molecular complexity index is 876. The third-order valence-corrected chi connectivity index (χ3v) is 6.51. The predicted molar refractivity (Wildman–Crippen MR) is 117 cm³/mol. The fraction of sp³-hybridized carbons (Fsp3) is 0.391. The SMILES string of the molecule is O=C1CCSc2ccc(C(=O)NCc3ccc(CN4CCCCC4)cc3)cc2N1. The summed E-state index contributed by atoms with van der Waals surface area (Å²) in [5.41, 5.74) is 3.70.